The number of nitrogens with zero attached hydrogens (tertiary/aromatic N) is 3. The molecule has 2 heterocycles. The standard InChI is InChI=1S/C43H48N4O5/c1-4-6-13-31(14-7-5-2)42(50)38-23-29(3)47(45-38)39-22-21-34(44-41(49)28-52-40-20-12-18-30-15-10-11-19-36(30)40)25-37(39)43(51)46-26-33-17-9-8-16-32(33)24-35(46)27-48/h8-12,15-23,25,31,35,48H,4-7,13-14,24,26-28H2,1-3H3,(H,44,49)/t35-/m0/s1. The summed E-state index contributed by atoms with van der Waals surface area (Å²) in [6.07, 6.45) is 6.15. The van der Waals surface area contributed by atoms with Gasteiger partial charge >= 0.3 is 0 Å². The van der Waals surface area contributed by atoms with E-state index in [1.165, 1.54) is 0 Å². The summed E-state index contributed by atoms with van der Waals surface area (Å²) in [6, 6.07) is 28.0. The maximum atomic E-state index is 14.6. The molecule has 6 rings (SSSR count). The van der Waals surface area contributed by atoms with Crippen molar-refractivity contribution in [3.05, 3.63) is 119 Å². The van der Waals surface area contributed by atoms with Crippen LogP contribution < -0.4 is 10.1 Å². The molecule has 4 aromatic carbocycles. The first-order chi connectivity index (χ1) is 25.3. The maximum Gasteiger partial charge on any atom is 0.262 e. The fourth-order valence-electron chi connectivity index (χ4n) is 7.13. The summed E-state index contributed by atoms with van der Waals surface area (Å²) >= 11 is 0. The average Bonchev–Trinajstić information content (AvgIpc) is 3.56. The van der Waals surface area contributed by atoms with Crippen LogP contribution in [0, 0.1) is 12.8 Å². The van der Waals surface area contributed by atoms with E-state index < -0.39 is 6.04 Å². The number of hydrogen-bond donors (Lipinski definition) is 2. The minimum Gasteiger partial charge on any atom is -0.483 e. The Hall–Kier alpha value is -5.28. The Bertz CT molecular complexity index is 2040. The van der Waals surface area contributed by atoms with Crippen LogP contribution in [0.3, 0.4) is 0 Å². The van der Waals surface area contributed by atoms with Crippen LogP contribution >= 0.6 is 0 Å². The highest BCUT2D eigenvalue weighted by molar-refractivity contribution is 6.01. The summed E-state index contributed by atoms with van der Waals surface area (Å²) in [5.41, 5.74) is 4.42. The summed E-state index contributed by atoms with van der Waals surface area (Å²) < 4.78 is 7.58. The fourth-order valence-corrected chi connectivity index (χ4v) is 7.13. The van der Waals surface area contributed by atoms with Gasteiger partial charge in [0, 0.05) is 29.2 Å². The smallest absolute Gasteiger partial charge is 0.262 e. The van der Waals surface area contributed by atoms with Crippen molar-refractivity contribution in [3.63, 3.8) is 0 Å². The molecule has 0 unspecified atom stereocenters. The molecule has 0 fully saturated rings. The number of Topliss-reactive ketones (excluding diaryl/α,β-unsaturated/α-hetero) is 1. The molecule has 0 aliphatic carbocycles. The number of amides is 2. The molecule has 0 spiro atoms. The number of rotatable bonds is 15. The summed E-state index contributed by atoms with van der Waals surface area (Å²) in [4.78, 5) is 43.3. The molecule has 1 atom stereocenters. The van der Waals surface area contributed by atoms with Crippen LogP contribution in [0.2, 0.25) is 0 Å². The molecule has 0 saturated carbocycles. The van der Waals surface area contributed by atoms with E-state index in [2.05, 4.69) is 19.2 Å². The minimum absolute atomic E-state index is 0.0275. The van der Waals surface area contributed by atoms with Gasteiger partial charge in [-0.25, -0.2) is 4.68 Å². The van der Waals surface area contributed by atoms with Gasteiger partial charge in [0.05, 0.1) is 23.9 Å². The van der Waals surface area contributed by atoms with Crippen LogP contribution in [0.4, 0.5) is 5.69 Å². The third-order valence-electron chi connectivity index (χ3n) is 10.00. The number of carbonyl (C=O) groups is 3. The van der Waals surface area contributed by atoms with Crippen molar-refractivity contribution in [1.82, 2.24) is 14.7 Å². The lowest BCUT2D eigenvalue weighted by Gasteiger charge is -2.36. The first-order valence-electron chi connectivity index (χ1n) is 18.5. The number of fused-ring (bicyclic) bond motifs is 2. The van der Waals surface area contributed by atoms with Crippen LogP contribution in [-0.4, -0.2) is 56.6 Å². The number of aliphatic hydroxyl groups is 1. The topological polar surface area (TPSA) is 114 Å². The lowest BCUT2D eigenvalue weighted by Crippen LogP contribution is -2.46. The largest absolute Gasteiger partial charge is 0.483 e. The number of hydrogen-bond acceptors (Lipinski definition) is 6. The minimum atomic E-state index is -0.434. The second kappa shape index (κ2) is 16.8. The Kier molecular flexibility index (Phi) is 11.8. The van der Waals surface area contributed by atoms with E-state index in [4.69, 9.17) is 9.84 Å². The Morgan fingerprint density at radius 2 is 1.62 bits per heavy atom. The zero-order valence-corrected chi connectivity index (χ0v) is 30.3. The van der Waals surface area contributed by atoms with Crippen LogP contribution in [0.25, 0.3) is 16.5 Å². The Labute approximate surface area is 305 Å². The molecule has 52 heavy (non-hydrogen) atoms. The molecule has 1 aliphatic heterocycles. The number of aliphatic hydroxyl groups excluding tert-OH is 1. The number of ketones is 1. The van der Waals surface area contributed by atoms with Crippen LogP contribution in [0.1, 0.15) is 90.0 Å². The molecule has 0 radical (unpaired) electrons. The second-order valence-electron chi connectivity index (χ2n) is 13.7. The molecule has 1 aliphatic rings. The zero-order valence-electron chi connectivity index (χ0n) is 30.3. The van der Waals surface area contributed by atoms with Crippen molar-refractivity contribution >= 4 is 34.1 Å². The van der Waals surface area contributed by atoms with Crippen molar-refractivity contribution in [2.45, 2.75) is 78.3 Å². The molecular weight excluding hydrogens is 652 g/mol. The Morgan fingerprint density at radius 1 is 0.904 bits per heavy atom. The van der Waals surface area contributed by atoms with Gasteiger partial charge in [-0.3, -0.25) is 14.4 Å². The van der Waals surface area contributed by atoms with Gasteiger partial charge in [0.2, 0.25) is 0 Å². The summed E-state index contributed by atoms with van der Waals surface area (Å²) in [5.74, 6) is -0.160. The molecule has 9 nitrogen and oxygen atoms in total. The van der Waals surface area contributed by atoms with Gasteiger partial charge in [-0.15, -0.1) is 0 Å². The first-order valence-corrected chi connectivity index (χ1v) is 18.5. The predicted octanol–water partition coefficient (Wildman–Crippen LogP) is 8.09. The first kappa shape index (κ1) is 36.5. The van der Waals surface area contributed by atoms with E-state index >= 15 is 0 Å². The number of benzene rings is 4. The van der Waals surface area contributed by atoms with E-state index in [-0.39, 0.29) is 36.7 Å². The Balaban J connectivity index is 1.32. The number of nitrogens with one attached hydrogen (secondary N) is 1. The van der Waals surface area contributed by atoms with Gasteiger partial charge in [-0.1, -0.05) is 100 Å². The number of aryl methyl sites for hydroxylation is 1. The van der Waals surface area contributed by atoms with Crippen molar-refractivity contribution in [1.29, 1.82) is 0 Å². The van der Waals surface area contributed by atoms with Gasteiger partial charge in [-0.2, -0.15) is 5.10 Å². The normalized spacial score (nSPS) is 14.0. The van der Waals surface area contributed by atoms with Gasteiger partial charge in [0.1, 0.15) is 11.4 Å². The number of ether oxygens (including phenoxy) is 1. The predicted molar refractivity (Wildman–Crippen MR) is 204 cm³/mol. The van der Waals surface area contributed by atoms with E-state index in [1.807, 2.05) is 73.7 Å². The summed E-state index contributed by atoms with van der Waals surface area (Å²) in [7, 11) is 0. The SMILES string of the molecule is CCCCC(CCCC)C(=O)c1cc(C)n(-c2ccc(NC(=O)COc3cccc4ccccc34)cc2C(=O)N2Cc3ccccc3C[C@H]2CO)n1. The molecule has 2 N–H and O–H groups in total. The molecule has 9 heteroatoms. The van der Waals surface area contributed by atoms with Crippen LogP contribution in [0.15, 0.2) is 91.0 Å². The highest BCUT2D eigenvalue weighted by Gasteiger charge is 2.32. The van der Waals surface area contributed by atoms with Crippen LogP contribution in [0.5, 0.6) is 5.75 Å². The highest BCUT2D eigenvalue weighted by Crippen LogP contribution is 2.30. The van der Waals surface area contributed by atoms with E-state index in [1.54, 1.807) is 33.8 Å². The number of carbonyl (C=O) groups excluding carboxylic acids is 3. The average molecular weight is 701 g/mol. The molecular formula is C43H48N4O5. The lowest BCUT2D eigenvalue weighted by atomic mass is 9.90. The molecule has 5 aromatic rings. The molecule has 2 amide bonds. The third kappa shape index (κ3) is 8.10. The monoisotopic (exact) mass is 700 g/mol. The van der Waals surface area contributed by atoms with Gasteiger partial charge in [0.15, 0.2) is 12.4 Å². The molecule has 0 bridgehead atoms. The van der Waals surface area contributed by atoms with E-state index in [9.17, 15) is 19.5 Å². The summed E-state index contributed by atoms with van der Waals surface area (Å²) in [5, 5.41) is 20.0. The van der Waals surface area contributed by atoms with Crippen LogP contribution in [-0.2, 0) is 17.8 Å². The van der Waals surface area contributed by atoms with Crippen molar-refractivity contribution in [3.8, 4) is 11.4 Å². The lowest BCUT2D eigenvalue weighted by molar-refractivity contribution is -0.118. The Morgan fingerprint density at radius 3 is 2.37 bits per heavy atom. The number of aromatic nitrogens is 2. The maximum absolute atomic E-state index is 14.6. The molecule has 0 saturated heterocycles. The number of anilines is 1. The molecule has 270 valence electrons. The van der Waals surface area contributed by atoms with Gasteiger partial charge in [-0.05, 0) is 73.0 Å². The fraction of sp³-hybridized carbons (Fsp3) is 0.349. The van der Waals surface area contributed by atoms with Gasteiger partial charge < -0.3 is 20.1 Å². The van der Waals surface area contributed by atoms with Crippen molar-refractivity contribution in [2.75, 3.05) is 18.5 Å². The molecule has 1 aromatic heterocycles. The summed E-state index contributed by atoms with van der Waals surface area (Å²) in [6.45, 7) is 6.03. The third-order valence-corrected chi connectivity index (χ3v) is 10.00. The quantitative estimate of drug-likeness (QED) is 0.107. The van der Waals surface area contributed by atoms with Gasteiger partial charge in [0.25, 0.3) is 11.8 Å². The zero-order chi connectivity index (χ0) is 36.6. The number of unbranched alkanes of at least 4 members (excludes halogenated alkanes) is 2. The van der Waals surface area contributed by atoms with Crippen molar-refractivity contribution in [2.24, 2.45) is 5.92 Å². The van der Waals surface area contributed by atoms with Crippen molar-refractivity contribution < 1.29 is 24.2 Å². The van der Waals surface area contributed by atoms with E-state index in [0.717, 1.165) is 60.4 Å². The van der Waals surface area contributed by atoms with E-state index in [0.29, 0.717) is 47.0 Å². The highest BCUT2D eigenvalue weighted by atomic mass is 16.5. The second-order valence-corrected chi connectivity index (χ2v) is 13.7.